The zero-order chi connectivity index (χ0) is 20.8. The average Bonchev–Trinajstić information content (AvgIpc) is 3.31. The number of H-pyrrole nitrogens is 1. The van der Waals surface area contributed by atoms with Crippen molar-refractivity contribution in [1.82, 2.24) is 20.4 Å². The van der Waals surface area contributed by atoms with Crippen LogP contribution in [0.25, 0.3) is 0 Å². The summed E-state index contributed by atoms with van der Waals surface area (Å²) in [5.41, 5.74) is 2.05. The molecule has 1 atom stereocenters. The number of benzene rings is 1. The second-order valence-corrected chi connectivity index (χ2v) is 8.62. The Morgan fingerprint density at radius 2 is 1.97 bits per heavy atom. The molecule has 1 aromatic carbocycles. The van der Waals surface area contributed by atoms with Crippen LogP contribution < -0.4 is 10.6 Å². The van der Waals surface area contributed by atoms with E-state index in [4.69, 9.17) is 0 Å². The lowest BCUT2D eigenvalue weighted by molar-refractivity contribution is -0.127. The van der Waals surface area contributed by atoms with Crippen LogP contribution in [0.1, 0.15) is 61.3 Å². The van der Waals surface area contributed by atoms with Gasteiger partial charge in [0, 0.05) is 28.8 Å². The van der Waals surface area contributed by atoms with Crippen LogP contribution in [-0.4, -0.2) is 45.4 Å². The van der Waals surface area contributed by atoms with E-state index in [2.05, 4.69) is 20.8 Å². The van der Waals surface area contributed by atoms with E-state index in [1.54, 1.807) is 29.2 Å². The summed E-state index contributed by atoms with van der Waals surface area (Å²) in [7, 11) is 0. The highest BCUT2D eigenvalue weighted by Gasteiger charge is 2.47. The molecule has 1 aromatic heterocycles. The Kier molecular flexibility index (Phi) is 4.64. The molecule has 3 N–H and O–H groups in total. The van der Waals surface area contributed by atoms with Crippen molar-refractivity contribution in [2.75, 3.05) is 11.9 Å². The number of fused-ring (bicyclic) bond motifs is 1. The number of aromatic amines is 1. The molecule has 2 heterocycles. The number of hydrogen-bond acceptors (Lipinski definition) is 4. The molecule has 8 nitrogen and oxygen atoms in total. The molecular weight excluding hydrogens is 370 g/mol. The van der Waals surface area contributed by atoms with Crippen LogP contribution in [0.5, 0.6) is 0 Å². The second-order valence-electron chi connectivity index (χ2n) is 8.62. The molecular formula is C21H25N5O3. The summed E-state index contributed by atoms with van der Waals surface area (Å²) in [5.74, 6) is -0.419. The minimum absolute atomic E-state index is 0.0966. The molecule has 3 amide bonds. The van der Waals surface area contributed by atoms with E-state index in [0.29, 0.717) is 16.9 Å². The SMILES string of the molecule is CC(C)(C)c1cc(NC(=O)CNC(=O)[C@@H]2c3ccccc3C(=O)N2C2CC2)n[nH]1. The van der Waals surface area contributed by atoms with E-state index in [1.165, 1.54) is 0 Å². The zero-order valence-electron chi connectivity index (χ0n) is 16.8. The van der Waals surface area contributed by atoms with Gasteiger partial charge < -0.3 is 15.5 Å². The number of rotatable bonds is 5. The number of aromatic nitrogens is 2. The normalized spacial score (nSPS) is 18.5. The number of nitrogens with one attached hydrogen (secondary N) is 3. The van der Waals surface area contributed by atoms with E-state index in [1.807, 2.05) is 26.8 Å². The van der Waals surface area contributed by atoms with Crippen molar-refractivity contribution in [3.63, 3.8) is 0 Å². The molecule has 1 aliphatic carbocycles. The molecule has 2 aromatic rings. The van der Waals surface area contributed by atoms with Crippen molar-refractivity contribution in [2.45, 2.75) is 51.1 Å². The van der Waals surface area contributed by atoms with Crippen molar-refractivity contribution < 1.29 is 14.4 Å². The highest BCUT2D eigenvalue weighted by Crippen LogP contribution is 2.41. The Morgan fingerprint density at radius 1 is 1.24 bits per heavy atom. The fourth-order valence-corrected chi connectivity index (χ4v) is 3.55. The summed E-state index contributed by atoms with van der Waals surface area (Å²) in [6.07, 6.45) is 1.80. The lowest BCUT2D eigenvalue weighted by atomic mass is 9.92. The third-order valence-electron chi connectivity index (χ3n) is 5.26. The van der Waals surface area contributed by atoms with Gasteiger partial charge in [0.25, 0.3) is 5.91 Å². The third-order valence-corrected chi connectivity index (χ3v) is 5.26. The van der Waals surface area contributed by atoms with Crippen LogP contribution in [0.3, 0.4) is 0 Å². The molecule has 4 rings (SSSR count). The van der Waals surface area contributed by atoms with Gasteiger partial charge in [0.05, 0.1) is 6.54 Å². The number of anilines is 1. The Hall–Kier alpha value is -3.16. The quantitative estimate of drug-likeness (QED) is 0.721. The summed E-state index contributed by atoms with van der Waals surface area (Å²) >= 11 is 0. The van der Waals surface area contributed by atoms with Crippen molar-refractivity contribution in [2.24, 2.45) is 0 Å². The Balaban J connectivity index is 1.40. The molecule has 0 radical (unpaired) electrons. The first-order valence-corrected chi connectivity index (χ1v) is 9.81. The average molecular weight is 395 g/mol. The number of amides is 3. The molecule has 152 valence electrons. The number of carbonyl (C=O) groups is 3. The monoisotopic (exact) mass is 395 g/mol. The van der Waals surface area contributed by atoms with Gasteiger partial charge >= 0.3 is 0 Å². The van der Waals surface area contributed by atoms with Crippen LogP contribution in [-0.2, 0) is 15.0 Å². The van der Waals surface area contributed by atoms with Crippen LogP contribution in [0.15, 0.2) is 30.3 Å². The molecule has 0 bridgehead atoms. The molecule has 2 aliphatic rings. The predicted molar refractivity (Wildman–Crippen MR) is 107 cm³/mol. The highest BCUT2D eigenvalue weighted by molar-refractivity contribution is 6.05. The maximum Gasteiger partial charge on any atom is 0.255 e. The Labute approximate surface area is 169 Å². The maximum atomic E-state index is 12.9. The molecule has 29 heavy (non-hydrogen) atoms. The van der Waals surface area contributed by atoms with Crippen molar-refractivity contribution in [1.29, 1.82) is 0 Å². The van der Waals surface area contributed by atoms with Gasteiger partial charge in [-0.25, -0.2) is 0 Å². The van der Waals surface area contributed by atoms with E-state index >= 15 is 0 Å². The second kappa shape index (κ2) is 7.02. The largest absolute Gasteiger partial charge is 0.345 e. The summed E-state index contributed by atoms with van der Waals surface area (Å²) in [6.45, 7) is 5.93. The van der Waals surface area contributed by atoms with E-state index in [-0.39, 0.29) is 35.7 Å². The number of nitrogens with zero attached hydrogens (tertiary/aromatic N) is 2. The van der Waals surface area contributed by atoms with E-state index in [0.717, 1.165) is 18.5 Å². The van der Waals surface area contributed by atoms with Crippen LogP contribution in [0.4, 0.5) is 5.82 Å². The lowest BCUT2D eigenvalue weighted by Gasteiger charge is -2.24. The molecule has 1 fully saturated rings. The Bertz CT molecular complexity index is 971. The van der Waals surface area contributed by atoms with Gasteiger partial charge in [-0.15, -0.1) is 0 Å². The van der Waals surface area contributed by atoms with Gasteiger partial charge in [0.15, 0.2) is 5.82 Å². The zero-order valence-corrected chi connectivity index (χ0v) is 16.8. The molecule has 0 saturated heterocycles. The number of hydrogen-bond donors (Lipinski definition) is 3. The summed E-state index contributed by atoms with van der Waals surface area (Å²) in [4.78, 5) is 39.5. The fourth-order valence-electron chi connectivity index (χ4n) is 3.55. The van der Waals surface area contributed by atoms with Crippen molar-refractivity contribution >= 4 is 23.5 Å². The molecule has 0 unspecified atom stereocenters. The first-order valence-electron chi connectivity index (χ1n) is 9.81. The minimum Gasteiger partial charge on any atom is -0.345 e. The van der Waals surface area contributed by atoms with Crippen molar-refractivity contribution in [3.8, 4) is 0 Å². The summed E-state index contributed by atoms with van der Waals surface area (Å²) in [5, 5.41) is 12.3. The van der Waals surface area contributed by atoms with Crippen molar-refractivity contribution in [3.05, 3.63) is 47.2 Å². The standard InChI is InChI=1S/C21H25N5O3/c1-21(2,3)15-10-16(25-24-15)23-17(27)11-22-19(28)18-13-6-4-5-7-14(13)20(29)26(18)12-8-9-12/h4-7,10,12,18H,8-9,11H2,1-3H3,(H,22,28)(H2,23,24,25,27)/t18-/m0/s1. The molecule has 8 heteroatoms. The third kappa shape index (κ3) is 3.74. The smallest absolute Gasteiger partial charge is 0.255 e. The first kappa shape index (κ1) is 19.2. The summed E-state index contributed by atoms with van der Waals surface area (Å²) < 4.78 is 0. The van der Waals surface area contributed by atoms with Gasteiger partial charge in [0.2, 0.25) is 11.8 Å². The Morgan fingerprint density at radius 3 is 2.62 bits per heavy atom. The highest BCUT2D eigenvalue weighted by atomic mass is 16.2. The first-order chi connectivity index (χ1) is 13.8. The topological polar surface area (TPSA) is 107 Å². The fraction of sp³-hybridized carbons (Fsp3) is 0.429. The van der Waals surface area contributed by atoms with Gasteiger partial charge in [-0.3, -0.25) is 19.5 Å². The minimum atomic E-state index is -0.683. The summed E-state index contributed by atoms with van der Waals surface area (Å²) in [6, 6.07) is 8.36. The van der Waals surface area contributed by atoms with Crippen LogP contribution in [0, 0.1) is 0 Å². The lowest BCUT2D eigenvalue weighted by Crippen LogP contribution is -2.42. The van der Waals surface area contributed by atoms with E-state index in [9.17, 15) is 14.4 Å². The predicted octanol–water partition coefficient (Wildman–Crippen LogP) is 2.12. The van der Waals surface area contributed by atoms with Crippen LogP contribution >= 0.6 is 0 Å². The molecule has 1 aliphatic heterocycles. The van der Waals surface area contributed by atoms with E-state index < -0.39 is 6.04 Å². The number of carbonyl (C=O) groups excluding carboxylic acids is 3. The maximum absolute atomic E-state index is 12.9. The molecule has 0 spiro atoms. The van der Waals surface area contributed by atoms with Gasteiger partial charge in [-0.2, -0.15) is 5.10 Å². The van der Waals surface area contributed by atoms with Gasteiger partial charge in [-0.1, -0.05) is 39.0 Å². The van der Waals surface area contributed by atoms with Gasteiger partial charge in [0.1, 0.15) is 6.04 Å². The van der Waals surface area contributed by atoms with Crippen LogP contribution in [0.2, 0.25) is 0 Å². The van der Waals surface area contributed by atoms with Gasteiger partial charge in [-0.05, 0) is 24.5 Å². The molecule has 1 saturated carbocycles.